The highest BCUT2D eigenvalue weighted by Gasteiger charge is 2.56. The second-order valence-corrected chi connectivity index (χ2v) is 7.47. The minimum absolute atomic E-state index is 0.111. The van der Waals surface area contributed by atoms with Gasteiger partial charge in [-0.05, 0) is 19.4 Å². The lowest BCUT2D eigenvalue weighted by molar-refractivity contribution is -0.205. The van der Waals surface area contributed by atoms with Crippen molar-refractivity contribution in [3.8, 4) is 11.3 Å². The average Bonchev–Trinajstić information content (AvgIpc) is 3.16. The second kappa shape index (κ2) is 7.85. The number of methoxy groups -OCH3 is 1. The van der Waals surface area contributed by atoms with Gasteiger partial charge in [-0.3, -0.25) is 14.3 Å². The minimum atomic E-state index is -0.838. The molecular formula is C20H24N2O7. The summed E-state index contributed by atoms with van der Waals surface area (Å²) in [5.41, 5.74) is 0.0957. The van der Waals surface area contributed by atoms with Gasteiger partial charge in [0.15, 0.2) is 12.0 Å². The number of nitrogens with one attached hydrogen (secondary N) is 1. The number of rotatable bonds is 6. The molecule has 1 N–H and O–H groups in total. The predicted octanol–water partition coefficient (Wildman–Crippen LogP) is 1.24. The van der Waals surface area contributed by atoms with Crippen molar-refractivity contribution in [1.29, 1.82) is 0 Å². The van der Waals surface area contributed by atoms with Crippen LogP contribution < -0.4 is 11.2 Å². The maximum absolute atomic E-state index is 12.8. The van der Waals surface area contributed by atoms with Crippen molar-refractivity contribution >= 4 is 0 Å². The number of aromatic amines is 1. The molecule has 0 saturated carbocycles. The highest BCUT2D eigenvalue weighted by atomic mass is 16.8. The number of H-pyrrole nitrogens is 1. The van der Waals surface area contributed by atoms with Crippen LogP contribution in [-0.4, -0.2) is 54.2 Å². The molecule has 2 saturated heterocycles. The summed E-state index contributed by atoms with van der Waals surface area (Å²) in [6, 6.07) is 10.6. The van der Waals surface area contributed by atoms with E-state index in [0.717, 1.165) is 0 Å². The lowest BCUT2D eigenvalue weighted by atomic mass is 10.1. The van der Waals surface area contributed by atoms with Crippen molar-refractivity contribution < 1.29 is 23.7 Å². The summed E-state index contributed by atoms with van der Waals surface area (Å²) in [5, 5.41) is 0. The molecule has 9 nitrogen and oxygen atoms in total. The largest absolute Gasteiger partial charge is 0.359 e. The Bertz CT molecular complexity index is 969. The van der Waals surface area contributed by atoms with Crippen molar-refractivity contribution in [3.05, 3.63) is 57.2 Å². The predicted molar refractivity (Wildman–Crippen MR) is 102 cm³/mol. The first-order valence-corrected chi connectivity index (χ1v) is 9.39. The molecule has 2 aromatic rings. The number of hydrogen-bond donors (Lipinski definition) is 1. The first-order chi connectivity index (χ1) is 13.9. The lowest BCUT2D eigenvalue weighted by Gasteiger charge is -2.26. The first kappa shape index (κ1) is 20.0. The molecular weight excluding hydrogens is 380 g/mol. The molecule has 2 fully saturated rings. The molecule has 9 heteroatoms. The van der Waals surface area contributed by atoms with Crippen LogP contribution in [0.25, 0.3) is 11.3 Å². The van der Waals surface area contributed by atoms with Crippen LogP contribution >= 0.6 is 0 Å². The normalized spacial score (nSPS) is 27.8. The number of benzene rings is 1. The van der Waals surface area contributed by atoms with Gasteiger partial charge in [0.25, 0.3) is 5.56 Å². The Morgan fingerprint density at radius 1 is 1.14 bits per heavy atom. The average molecular weight is 404 g/mol. The molecule has 0 unspecified atom stereocenters. The van der Waals surface area contributed by atoms with E-state index in [4.69, 9.17) is 23.7 Å². The molecule has 4 atom stereocenters. The Labute approximate surface area is 167 Å². The molecule has 3 heterocycles. The molecule has 1 aromatic heterocycles. The highest BCUT2D eigenvalue weighted by Crippen LogP contribution is 2.43. The van der Waals surface area contributed by atoms with E-state index < -0.39 is 41.6 Å². The van der Waals surface area contributed by atoms with Gasteiger partial charge in [0.2, 0.25) is 0 Å². The van der Waals surface area contributed by atoms with Gasteiger partial charge < -0.3 is 23.7 Å². The fourth-order valence-electron chi connectivity index (χ4n) is 3.84. The fraction of sp³-hybridized carbons (Fsp3) is 0.500. The van der Waals surface area contributed by atoms with Crippen LogP contribution in [0.4, 0.5) is 0 Å². The van der Waals surface area contributed by atoms with Crippen LogP contribution in [0, 0.1) is 0 Å². The third-order valence-electron chi connectivity index (χ3n) is 4.91. The highest BCUT2D eigenvalue weighted by molar-refractivity contribution is 5.59. The van der Waals surface area contributed by atoms with Gasteiger partial charge >= 0.3 is 5.69 Å². The number of fused-ring (bicyclic) bond motifs is 1. The zero-order chi connectivity index (χ0) is 20.6. The third kappa shape index (κ3) is 3.92. The van der Waals surface area contributed by atoms with Gasteiger partial charge in [0, 0.05) is 13.2 Å². The van der Waals surface area contributed by atoms with Crippen LogP contribution in [0.3, 0.4) is 0 Å². The first-order valence-electron chi connectivity index (χ1n) is 9.39. The van der Waals surface area contributed by atoms with Gasteiger partial charge in [-0.2, -0.15) is 0 Å². The quantitative estimate of drug-likeness (QED) is 0.571. The Hall–Kier alpha value is -2.30. The Morgan fingerprint density at radius 2 is 1.86 bits per heavy atom. The van der Waals surface area contributed by atoms with Crippen LogP contribution in [0.2, 0.25) is 0 Å². The summed E-state index contributed by atoms with van der Waals surface area (Å²) in [5.74, 6) is -0.838. The standard InChI is InChI=1S/C20H24N2O7/c1-20(2)28-16-14(10-26-11-25-3)27-18(17(16)29-20)22-13(9-15(23)21-19(22)24)12-7-5-4-6-8-12/h4-9,14,16-18H,10-11H2,1-3H3,(H,21,23,24)/t14-,16-,17-,18-/m1/s1. The van der Waals surface area contributed by atoms with E-state index in [1.807, 2.05) is 44.2 Å². The smallest absolute Gasteiger partial charge is 0.331 e. The zero-order valence-corrected chi connectivity index (χ0v) is 16.5. The third-order valence-corrected chi connectivity index (χ3v) is 4.91. The zero-order valence-electron chi connectivity index (χ0n) is 16.5. The molecule has 4 rings (SSSR count). The molecule has 0 spiro atoms. The molecule has 156 valence electrons. The summed E-state index contributed by atoms with van der Waals surface area (Å²) in [7, 11) is 1.53. The summed E-state index contributed by atoms with van der Waals surface area (Å²) >= 11 is 0. The number of aromatic nitrogens is 2. The molecule has 0 aliphatic carbocycles. The number of nitrogens with zero attached hydrogens (tertiary/aromatic N) is 1. The van der Waals surface area contributed by atoms with Crippen LogP contribution in [0.15, 0.2) is 46.0 Å². The molecule has 29 heavy (non-hydrogen) atoms. The van der Waals surface area contributed by atoms with E-state index >= 15 is 0 Å². The maximum Gasteiger partial charge on any atom is 0.331 e. The van der Waals surface area contributed by atoms with Crippen LogP contribution in [0.1, 0.15) is 20.1 Å². The van der Waals surface area contributed by atoms with Gasteiger partial charge in [-0.15, -0.1) is 0 Å². The SMILES string of the molecule is COCOC[C@H]1O[C@@H](n2c(-c3ccccc3)cc(=O)[nH]c2=O)[C@@H]2OC(C)(C)O[C@@H]21. The Balaban J connectivity index is 1.76. The van der Waals surface area contributed by atoms with Crippen molar-refractivity contribution in [3.63, 3.8) is 0 Å². The summed E-state index contributed by atoms with van der Waals surface area (Å²) in [6.45, 7) is 3.94. The van der Waals surface area contributed by atoms with E-state index in [1.54, 1.807) is 0 Å². The van der Waals surface area contributed by atoms with Gasteiger partial charge in [-0.25, -0.2) is 4.79 Å². The topological polar surface area (TPSA) is 101 Å². The van der Waals surface area contributed by atoms with Crippen molar-refractivity contribution in [2.75, 3.05) is 20.5 Å². The van der Waals surface area contributed by atoms with Crippen LogP contribution in [0.5, 0.6) is 0 Å². The second-order valence-electron chi connectivity index (χ2n) is 7.47. The van der Waals surface area contributed by atoms with E-state index in [0.29, 0.717) is 11.3 Å². The van der Waals surface area contributed by atoms with Crippen LogP contribution in [-0.2, 0) is 23.7 Å². The minimum Gasteiger partial charge on any atom is -0.359 e. The molecule has 0 radical (unpaired) electrons. The molecule has 2 aliphatic heterocycles. The summed E-state index contributed by atoms with van der Waals surface area (Å²) < 4.78 is 30.0. The molecule has 0 amide bonds. The fourth-order valence-corrected chi connectivity index (χ4v) is 3.84. The van der Waals surface area contributed by atoms with Gasteiger partial charge in [0.05, 0.1) is 12.3 Å². The maximum atomic E-state index is 12.8. The molecule has 0 bridgehead atoms. The molecule has 2 aliphatic rings. The molecule has 1 aromatic carbocycles. The van der Waals surface area contributed by atoms with Gasteiger partial charge in [-0.1, -0.05) is 30.3 Å². The Kier molecular flexibility index (Phi) is 5.41. The van der Waals surface area contributed by atoms with Crippen molar-refractivity contribution in [1.82, 2.24) is 9.55 Å². The van der Waals surface area contributed by atoms with E-state index in [2.05, 4.69) is 4.98 Å². The number of ether oxygens (including phenoxy) is 5. The monoisotopic (exact) mass is 404 g/mol. The summed E-state index contributed by atoms with van der Waals surface area (Å²) in [6.07, 6.45) is -2.25. The number of hydrogen-bond acceptors (Lipinski definition) is 7. The van der Waals surface area contributed by atoms with Crippen molar-refractivity contribution in [2.45, 2.75) is 44.2 Å². The van der Waals surface area contributed by atoms with E-state index in [1.165, 1.54) is 17.7 Å². The van der Waals surface area contributed by atoms with E-state index in [9.17, 15) is 9.59 Å². The lowest BCUT2D eigenvalue weighted by Crippen LogP contribution is -2.38. The van der Waals surface area contributed by atoms with Crippen molar-refractivity contribution in [2.24, 2.45) is 0 Å². The van der Waals surface area contributed by atoms with E-state index in [-0.39, 0.29) is 13.4 Å². The summed E-state index contributed by atoms with van der Waals surface area (Å²) in [4.78, 5) is 27.2. The van der Waals surface area contributed by atoms with Gasteiger partial charge in [0.1, 0.15) is 25.1 Å². The Morgan fingerprint density at radius 3 is 2.59 bits per heavy atom.